The van der Waals surface area contributed by atoms with Crippen LogP contribution in [0.25, 0.3) is 10.2 Å². The fourth-order valence-electron chi connectivity index (χ4n) is 3.18. The van der Waals surface area contributed by atoms with Crippen molar-refractivity contribution < 1.29 is 0 Å². The van der Waals surface area contributed by atoms with Crippen molar-refractivity contribution in [2.45, 2.75) is 13.5 Å². The number of halogens is 1. The zero-order valence-electron chi connectivity index (χ0n) is 13.6. The molecule has 3 heterocycles. The highest BCUT2D eigenvalue weighted by molar-refractivity contribution is 7.18. The minimum atomic E-state index is 0.794. The van der Waals surface area contributed by atoms with Gasteiger partial charge in [0.25, 0.3) is 0 Å². The first-order valence-corrected chi connectivity index (χ1v) is 9.31. The van der Waals surface area contributed by atoms with E-state index in [1.54, 1.807) is 17.7 Å². The molecular weight excluding hydrogens is 340 g/mol. The lowest BCUT2D eigenvalue weighted by Gasteiger charge is -2.35. The van der Waals surface area contributed by atoms with Crippen LogP contribution in [0.3, 0.4) is 0 Å². The Kier molecular flexibility index (Phi) is 4.39. The van der Waals surface area contributed by atoms with Gasteiger partial charge in [-0.15, -0.1) is 11.3 Å². The number of anilines is 1. The molecule has 4 rings (SSSR count). The lowest BCUT2D eigenvalue weighted by Crippen LogP contribution is -2.46. The van der Waals surface area contributed by atoms with E-state index >= 15 is 0 Å². The summed E-state index contributed by atoms with van der Waals surface area (Å²) >= 11 is 7.69. The number of piperazine rings is 1. The molecule has 124 valence electrons. The number of thiophene rings is 1. The fraction of sp³-hybridized carbons (Fsp3) is 0.333. The predicted octanol–water partition coefficient (Wildman–Crippen LogP) is 3.98. The Balaban J connectivity index is 1.44. The Labute approximate surface area is 150 Å². The summed E-state index contributed by atoms with van der Waals surface area (Å²) in [4.78, 5) is 16.2. The third-order valence-corrected chi connectivity index (χ3v) is 5.63. The number of hydrogen-bond acceptors (Lipinski definition) is 5. The number of aryl methyl sites for hydroxylation is 1. The number of benzene rings is 1. The predicted molar refractivity (Wildman–Crippen MR) is 101 cm³/mol. The molecule has 0 spiro atoms. The molecule has 0 N–H and O–H groups in total. The topological polar surface area (TPSA) is 32.3 Å². The molecule has 0 unspecified atom stereocenters. The smallest absolute Gasteiger partial charge is 0.140 e. The largest absolute Gasteiger partial charge is 0.353 e. The third kappa shape index (κ3) is 3.24. The second-order valence-corrected chi connectivity index (χ2v) is 7.83. The van der Waals surface area contributed by atoms with Gasteiger partial charge in [-0.25, -0.2) is 9.97 Å². The molecular formula is C18H19ClN4S. The zero-order chi connectivity index (χ0) is 16.5. The van der Waals surface area contributed by atoms with Crippen molar-refractivity contribution in [3.05, 3.63) is 52.1 Å². The maximum absolute atomic E-state index is 5.96. The lowest BCUT2D eigenvalue weighted by molar-refractivity contribution is 0.249. The van der Waals surface area contributed by atoms with Crippen molar-refractivity contribution in [3.8, 4) is 0 Å². The van der Waals surface area contributed by atoms with E-state index in [1.165, 1.54) is 15.8 Å². The van der Waals surface area contributed by atoms with Crippen molar-refractivity contribution in [3.63, 3.8) is 0 Å². The highest BCUT2D eigenvalue weighted by Crippen LogP contribution is 2.30. The highest BCUT2D eigenvalue weighted by Gasteiger charge is 2.20. The van der Waals surface area contributed by atoms with Crippen LogP contribution in [0.15, 0.2) is 36.7 Å². The van der Waals surface area contributed by atoms with Gasteiger partial charge in [0, 0.05) is 42.6 Å². The van der Waals surface area contributed by atoms with Crippen molar-refractivity contribution in [1.82, 2.24) is 14.9 Å². The molecule has 0 radical (unpaired) electrons. The van der Waals surface area contributed by atoms with E-state index in [4.69, 9.17) is 11.6 Å². The van der Waals surface area contributed by atoms with Crippen LogP contribution in [-0.2, 0) is 6.54 Å². The van der Waals surface area contributed by atoms with Crippen molar-refractivity contribution in [1.29, 1.82) is 0 Å². The molecule has 1 aromatic carbocycles. The molecule has 1 fully saturated rings. The van der Waals surface area contributed by atoms with Crippen LogP contribution in [0, 0.1) is 6.92 Å². The standard InChI is InChI=1S/C18H19ClN4S/c1-13-10-16-17(20-12-21-18(16)24-13)23-8-6-22(7-9-23)11-14-2-4-15(19)5-3-14/h2-5,10,12H,6-9,11H2,1H3. The van der Waals surface area contributed by atoms with Gasteiger partial charge in [-0.3, -0.25) is 4.90 Å². The van der Waals surface area contributed by atoms with E-state index < -0.39 is 0 Å². The first-order valence-electron chi connectivity index (χ1n) is 8.12. The van der Waals surface area contributed by atoms with E-state index in [0.29, 0.717) is 0 Å². The molecule has 0 saturated carbocycles. The van der Waals surface area contributed by atoms with E-state index in [9.17, 15) is 0 Å². The van der Waals surface area contributed by atoms with Gasteiger partial charge in [0.15, 0.2) is 0 Å². The fourth-order valence-corrected chi connectivity index (χ4v) is 4.15. The average Bonchev–Trinajstić information content (AvgIpc) is 2.98. The highest BCUT2D eigenvalue weighted by atomic mass is 35.5. The van der Waals surface area contributed by atoms with Gasteiger partial charge in [-0.05, 0) is 30.7 Å². The van der Waals surface area contributed by atoms with E-state index in [2.05, 4.69) is 44.9 Å². The molecule has 2 aromatic heterocycles. The minimum Gasteiger partial charge on any atom is -0.353 e. The zero-order valence-corrected chi connectivity index (χ0v) is 15.1. The molecule has 0 amide bonds. The van der Waals surface area contributed by atoms with E-state index in [-0.39, 0.29) is 0 Å². The summed E-state index contributed by atoms with van der Waals surface area (Å²) in [6, 6.07) is 10.3. The molecule has 24 heavy (non-hydrogen) atoms. The van der Waals surface area contributed by atoms with Crippen molar-refractivity contribution in [2.24, 2.45) is 0 Å². The normalized spacial score (nSPS) is 16.0. The van der Waals surface area contributed by atoms with Crippen LogP contribution in [0.5, 0.6) is 0 Å². The van der Waals surface area contributed by atoms with Gasteiger partial charge in [-0.2, -0.15) is 0 Å². The Hall–Kier alpha value is -1.69. The number of rotatable bonds is 3. The molecule has 0 bridgehead atoms. The summed E-state index contributed by atoms with van der Waals surface area (Å²) in [5.74, 6) is 1.08. The molecule has 1 aliphatic heterocycles. The number of aromatic nitrogens is 2. The molecule has 0 aliphatic carbocycles. The summed E-state index contributed by atoms with van der Waals surface area (Å²) in [6.45, 7) is 7.17. The molecule has 6 heteroatoms. The Morgan fingerprint density at radius 3 is 2.58 bits per heavy atom. The number of hydrogen-bond donors (Lipinski definition) is 0. The first kappa shape index (κ1) is 15.8. The number of fused-ring (bicyclic) bond motifs is 1. The van der Waals surface area contributed by atoms with Crippen molar-refractivity contribution >= 4 is 39.0 Å². The van der Waals surface area contributed by atoms with Crippen LogP contribution in [0.2, 0.25) is 5.02 Å². The second kappa shape index (κ2) is 6.67. The summed E-state index contributed by atoms with van der Waals surface area (Å²) in [5, 5.41) is 1.98. The van der Waals surface area contributed by atoms with Crippen LogP contribution < -0.4 is 4.90 Å². The first-order chi connectivity index (χ1) is 11.7. The molecule has 1 aliphatic rings. The van der Waals surface area contributed by atoms with E-state index in [0.717, 1.165) is 48.4 Å². The Morgan fingerprint density at radius 1 is 1.08 bits per heavy atom. The lowest BCUT2D eigenvalue weighted by atomic mass is 10.2. The van der Waals surface area contributed by atoms with Gasteiger partial charge in [-0.1, -0.05) is 23.7 Å². The molecule has 0 atom stereocenters. The van der Waals surface area contributed by atoms with E-state index in [1.807, 2.05) is 12.1 Å². The van der Waals surface area contributed by atoms with Gasteiger partial charge in [0.05, 0.1) is 5.39 Å². The maximum Gasteiger partial charge on any atom is 0.140 e. The Morgan fingerprint density at radius 2 is 1.83 bits per heavy atom. The quantitative estimate of drug-likeness (QED) is 0.709. The van der Waals surface area contributed by atoms with Crippen LogP contribution in [0.1, 0.15) is 10.4 Å². The van der Waals surface area contributed by atoms with Gasteiger partial charge in [0.2, 0.25) is 0 Å². The summed E-state index contributed by atoms with van der Waals surface area (Å²) in [7, 11) is 0. The van der Waals surface area contributed by atoms with Crippen molar-refractivity contribution in [2.75, 3.05) is 31.1 Å². The SMILES string of the molecule is Cc1cc2c(N3CCN(Cc4ccc(Cl)cc4)CC3)ncnc2s1. The van der Waals surface area contributed by atoms with Crippen LogP contribution in [0.4, 0.5) is 5.82 Å². The monoisotopic (exact) mass is 358 g/mol. The summed E-state index contributed by atoms with van der Waals surface area (Å²) < 4.78 is 0. The summed E-state index contributed by atoms with van der Waals surface area (Å²) in [6.07, 6.45) is 1.69. The second-order valence-electron chi connectivity index (χ2n) is 6.16. The van der Waals surface area contributed by atoms with Crippen LogP contribution >= 0.6 is 22.9 Å². The van der Waals surface area contributed by atoms with Gasteiger partial charge >= 0.3 is 0 Å². The summed E-state index contributed by atoms with van der Waals surface area (Å²) in [5.41, 5.74) is 1.31. The molecule has 1 saturated heterocycles. The van der Waals surface area contributed by atoms with Gasteiger partial charge < -0.3 is 4.90 Å². The molecule has 3 aromatic rings. The molecule has 4 nitrogen and oxygen atoms in total. The Bertz CT molecular complexity index is 838. The van der Waals surface area contributed by atoms with Crippen LogP contribution in [-0.4, -0.2) is 41.0 Å². The van der Waals surface area contributed by atoms with Gasteiger partial charge in [0.1, 0.15) is 17.0 Å². The minimum absolute atomic E-state index is 0.794. The maximum atomic E-state index is 5.96. The third-order valence-electron chi connectivity index (χ3n) is 4.42. The average molecular weight is 359 g/mol. The number of nitrogens with zero attached hydrogens (tertiary/aromatic N) is 4.